The Balaban J connectivity index is 1.88. The molecule has 4 nitrogen and oxygen atoms in total. The van der Waals surface area contributed by atoms with Gasteiger partial charge in [-0.2, -0.15) is 0 Å². The van der Waals surface area contributed by atoms with Gasteiger partial charge in [0.05, 0.1) is 17.2 Å². The summed E-state index contributed by atoms with van der Waals surface area (Å²) in [6, 6.07) is 10.4. The maximum atomic E-state index is 10.9. The van der Waals surface area contributed by atoms with E-state index < -0.39 is 5.97 Å². The molecule has 0 bridgehead atoms. The summed E-state index contributed by atoms with van der Waals surface area (Å²) in [7, 11) is 0. The van der Waals surface area contributed by atoms with E-state index in [1.54, 1.807) is 11.3 Å². The fraction of sp³-hybridized carbons (Fsp3) is 0.412. The van der Waals surface area contributed by atoms with Crippen LogP contribution in [0.1, 0.15) is 29.6 Å². The lowest BCUT2D eigenvalue weighted by atomic mass is 10.1. The number of carboxylic acid groups (broad SMARTS) is 1. The molecule has 0 unspecified atom stereocenters. The third kappa shape index (κ3) is 5.58. The van der Waals surface area contributed by atoms with Gasteiger partial charge in [-0.1, -0.05) is 37.3 Å². The van der Waals surface area contributed by atoms with E-state index in [1.807, 2.05) is 16.3 Å². The van der Waals surface area contributed by atoms with Crippen molar-refractivity contribution in [2.45, 2.75) is 32.7 Å². The van der Waals surface area contributed by atoms with Crippen molar-refractivity contribution in [1.82, 2.24) is 9.88 Å². The highest BCUT2D eigenvalue weighted by atomic mass is 32.1. The van der Waals surface area contributed by atoms with Crippen LogP contribution in [-0.2, 0) is 24.2 Å². The third-order valence-corrected chi connectivity index (χ3v) is 4.31. The molecule has 0 spiro atoms. The first-order chi connectivity index (χ1) is 10.7. The van der Waals surface area contributed by atoms with Gasteiger partial charge in [-0.3, -0.25) is 9.69 Å². The standard InChI is InChI=1S/C17H22N2O2S/c1-2-10-19(12-17(20)21)11-15-13-22-16(18-15)9-8-14-6-4-3-5-7-14/h3-7,13H,2,8-12H2,1H3,(H,20,21). The lowest BCUT2D eigenvalue weighted by molar-refractivity contribution is -0.138. The number of rotatable bonds is 9. The highest BCUT2D eigenvalue weighted by Gasteiger charge is 2.11. The predicted octanol–water partition coefficient (Wildman–Crippen LogP) is 3.22. The van der Waals surface area contributed by atoms with Gasteiger partial charge in [0.2, 0.25) is 0 Å². The molecular formula is C17H22N2O2S. The molecule has 1 aromatic heterocycles. The van der Waals surface area contributed by atoms with Crippen molar-refractivity contribution >= 4 is 17.3 Å². The molecule has 0 aliphatic heterocycles. The number of aromatic nitrogens is 1. The quantitative estimate of drug-likeness (QED) is 0.771. The van der Waals surface area contributed by atoms with E-state index in [0.29, 0.717) is 6.54 Å². The second-order valence-corrected chi connectivity index (χ2v) is 6.27. The van der Waals surface area contributed by atoms with E-state index >= 15 is 0 Å². The van der Waals surface area contributed by atoms with Gasteiger partial charge in [-0.25, -0.2) is 4.98 Å². The summed E-state index contributed by atoms with van der Waals surface area (Å²) in [4.78, 5) is 17.4. The van der Waals surface area contributed by atoms with Crippen LogP contribution in [0, 0.1) is 0 Å². The first kappa shape index (κ1) is 16.6. The van der Waals surface area contributed by atoms with Crippen molar-refractivity contribution in [3.63, 3.8) is 0 Å². The van der Waals surface area contributed by atoms with Crippen LogP contribution in [0.5, 0.6) is 0 Å². The van der Waals surface area contributed by atoms with E-state index in [9.17, 15) is 4.79 Å². The summed E-state index contributed by atoms with van der Waals surface area (Å²) in [5.41, 5.74) is 2.29. The van der Waals surface area contributed by atoms with E-state index in [1.165, 1.54) is 5.56 Å². The van der Waals surface area contributed by atoms with Crippen LogP contribution in [0.2, 0.25) is 0 Å². The Hall–Kier alpha value is -1.72. The minimum atomic E-state index is -0.784. The second kappa shape index (κ2) is 8.66. The summed E-state index contributed by atoms with van der Waals surface area (Å²) in [6.07, 6.45) is 2.86. The zero-order valence-electron chi connectivity index (χ0n) is 12.9. The zero-order valence-corrected chi connectivity index (χ0v) is 13.7. The van der Waals surface area contributed by atoms with Crippen LogP contribution < -0.4 is 0 Å². The maximum absolute atomic E-state index is 10.9. The maximum Gasteiger partial charge on any atom is 0.317 e. The van der Waals surface area contributed by atoms with Gasteiger partial charge in [0.25, 0.3) is 0 Å². The average Bonchev–Trinajstić information content (AvgIpc) is 2.93. The van der Waals surface area contributed by atoms with Crippen LogP contribution in [0.15, 0.2) is 35.7 Å². The Morgan fingerprint density at radius 1 is 1.27 bits per heavy atom. The highest BCUT2D eigenvalue weighted by molar-refractivity contribution is 7.09. The van der Waals surface area contributed by atoms with Gasteiger partial charge in [-0.15, -0.1) is 11.3 Å². The minimum absolute atomic E-state index is 0.0741. The molecular weight excluding hydrogens is 296 g/mol. The van der Waals surface area contributed by atoms with Crippen molar-refractivity contribution in [2.75, 3.05) is 13.1 Å². The molecule has 1 N–H and O–H groups in total. The Bertz CT molecular complexity index is 583. The van der Waals surface area contributed by atoms with E-state index in [0.717, 1.165) is 36.5 Å². The van der Waals surface area contributed by atoms with Gasteiger partial charge >= 0.3 is 5.97 Å². The molecule has 0 saturated heterocycles. The lowest BCUT2D eigenvalue weighted by Crippen LogP contribution is -2.30. The number of thiazole rings is 1. The fourth-order valence-electron chi connectivity index (χ4n) is 2.38. The van der Waals surface area contributed by atoms with Crippen LogP contribution >= 0.6 is 11.3 Å². The first-order valence-corrected chi connectivity index (χ1v) is 8.46. The van der Waals surface area contributed by atoms with Gasteiger partial charge in [0.1, 0.15) is 0 Å². The highest BCUT2D eigenvalue weighted by Crippen LogP contribution is 2.15. The number of carboxylic acids is 1. The van der Waals surface area contributed by atoms with E-state index in [-0.39, 0.29) is 6.54 Å². The molecule has 0 saturated carbocycles. The number of carbonyl (C=O) groups is 1. The van der Waals surface area contributed by atoms with E-state index in [4.69, 9.17) is 5.11 Å². The zero-order chi connectivity index (χ0) is 15.8. The lowest BCUT2D eigenvalue weighted by Gasteiger charge is -2.17. The monoisotopic (exact) mass is 318 g/mol. The third-order valence-electron chi connectivity index (χ3n) is 3.35. The smallest absolute Gasteiger partial charge is 0.317 e. The molecule has 1 heterocycles. The molecule has 0 fully saturated rings. The summed E-state index contributed by atoms with van der Waals surface area (Å²) in [5, 5.41) is 12.1. The predicted molar refractivity (Wildman–Crippen MR) is 89.2 cm³/mol. The van der Waals surface area contributed by atoms with Gasteiger partial charge in [-0.05, 0) is 24.9 Å². The van der Waals surface area contributed by atoms with Crippen LogP contribution in [0.3, 0.4) is 0 Å². The average molecular weight is 318 g/mol. The molecule has 0 amide bonds. The summed E-state index contributed by atoms with van der Waals surface area (Å²) >= 11 is 1.66. The number of benzene rings is 1. The van der Waals surface area contributed by atoms with Gasteiger partial charge in [0.15, 0.2) is 0 Å². The molecule has 0 radical (unpaired) electrons. The molecule has 0 atom stereocenters. The molecule has 0 aliphatic carbocycles. The van der Waals surface area contributed by atoms with Crippen molar-refractivity contribution in [2.24, 2.45) is 0 Å². The van der Waals surface area contributed by atoms with Gasteiger partial charge in [0, 0.05) is 18.3 Å². The SMILES string of the molecule is CCCN(CC(=O)O)Cc1csc(CCc2ccccc2)n1. The number of hydrogen-bond acceptors (Lipinski definition) is 4. The van der Waals surface area contributed by atoms with Crippen molar-refractivity contribution in [3.8, 4) is 0 Å². The molecule has 0 aliphatic rings. The number of hydrogen-bond donors (Lipinski definition) is 1. The second-order valence-electron chi connectivity index (χ2n) is 5.32. The normalized spacial score (nSPS) is 11.0. The molecule has 2 rings (SSSR count). The Labute approximate surface area is 135 Å². The molecule has 2 aromatic rings. The molecule has 5 heteroatoms. The Kier molecular flexibility index (Phi) is 6.55. The minimum Gasteiger partial charge on any atom is -0.480 e. The van der Waals surface area contributed by atoms with Crippen molar-refractivity contribution in [1.29, 1.82) is 0 Å². The first-order valence-electron chi connectivity index (χ1n) is 7.58. The van der Waals surface area contributed by atoms with E-state index in [2.05, 4.69) is 36.2 Å². The molecule has 118 valence electrons. The van der Waals surface area contributed by atoms with Crippen LogP contribution in [0.4, 0.5) is 0 Å². The van der Waals surface area contributed by atoms with Crippen LogP contribution in [-0.4, -0.2) is 34.0 Å². The largest absolute Gasteiger partial charge is 0.480 e. The number of aliphatic carboxylic acids is 1. The van der Waals surface area contributed by atoms with Crippen LogP contribution in [0.25, 0.3) is 0 Å². The Morgan fingerprint density at radius 2 is 2.05 bits per heavy atom. The molecule has 1 aromatic carbocycles. The number of aryl methyl sites for hydroxylation is 2. The van der Waals surface area contributed by atoms with Crippen molar-refractivity contribution in [3.05, 3.63) is 52.0 Å². The van der Waals surface area contributed by atoms with Gasteiger partial charge < -0.3 is 5.11 Å². The summed E-state index contributed by atoms with van der Waals surface area (Å²) < 4.78 is 0. The fourth-order valence-corrected chi connectivity index (χ4v) is 3.17. The van der Waals surface area contributed by atoms with Crippen molar-refractivity contribution < 1.29 is 9.90 Å². The summed E-state index contributed by atoms with van der Waals surface area (Å²) in [6.45, 7) is 3.52. The summed E-state index contributed by atoms with van der Waals surface area (Å²) in [5.74, 6) is -0.784. The Morgan fingerprint density at radius 3 is 2.73 bits per heavy atom. The molecule has 22 heavy (non-hydrogen) atoms. The topological polar surface area (TPSA) is 53.4 Å². The number of nitrogens with zero attached hydrogens (tertiary/aromatic N) is 2.